The number of hydrogen-bond acceptors (Lipinski definition) is 11. The topological polar surface area (TPSA) is 256 Å². The minimum atomic E-state index is -1.37. The molecule has 0 unspecified atom stereocenters. The molecule has 17 nitrogen and oxygen atoms in total. The number of Topliss-reactive ketones (excluding diaryl/α,β-unsaturated/α-hetero) is 2. The Bertz CT molecular complexity index is 1780. The normalized spacial score (nSPS) is 21.1. The quantitative estimate of drug-likeness (QED) is 0.123. The lowest BCUT2D eigenvalue weighted by Crippen LogP contribution is -2.62. The number of ketones is 2. The van der Waals surface area contributed by atoms with Crippen LogP contribution in [-0.2, 0) is 38.4 Å². The Hall–Kier alpha value is -4.74. The molecule has 2 heterocycles. The third kappa shape index (κ3) is 12.4. The predicted octanol–water partition coefficient (Wildman–Crippen LogP) is 1.49. The lowest BCUT2D eigenvalue weighted by molar-refractivity contribution is -0.145. The molecule has 1 aromatic heterocycles. The number of likely N-dealkylation sites (tertiary alicyclic amines) is 1. The van der Waals surface area contributed by atoms with Crippen LogP contribution >= 0.6 is 11.3 Å². The summed E-state index contributed by atoms with van der Waals surface area (Å²) in [6.45, 7) is 6.35. The summed E-state index contributed by atoms with van der Waals surface area (Å²) in [5, 5.41) is 15.8. The standard InChI is InChI=1S/C41H60N8O9S/c1-22-43-28(21-59-22)36(54)45-27(17-18-30(51)38(56)44-25-15-16-25)35(53)48-33(41(2,3)4)40(58)49-20-26(50)19-29(49)37(55)47-32(24-13-9-6-10-14-24)39(57)46-31(34(42)52)23-11-7-5-8-12-23/h21,23-25,27,29,31-33H,5-20H2,1-4H3,(H2,42,52)(H,44,56)(H,45,54)(H,46,57)(H,47,55)(H,48,53)/t27-,29-,31-,32-,33+/m0/s1. The van der Waals surface area contributed by atoms with Gasteiger partial charge in [0.25, 0.3) is 11.8 Å². The van der Waals surface area contributed by atoms with Crippen molar-refractivity contribution in [2.24, 2.45) is 23.0 Å². The highest BCUT2D eigenvalue weighted by Gasteiger charge is 2.46. The molecule has 3 aliphatic carbocycles. The van der Waals surface area contributed by atoms with Crippen molar-refractivity contribution in [3.05, 3.63) is 16.1 Å². The number of nitrogens with one attached hydrogen (secondary N) is 5. The fraction of sp³-hybridized carbons (Fsp3) is 0.707. The first-order valence-electron chi connectivity index (χ1n) is 21.0. The number of aryl methyl sites for hydroxylation is 1. The minimum absolute atomic E-state index is 0.0512. The molecular formula is C41H60N8O9S. The maximum Gasteiger partial charge on any atom is 0.287 e. The summed E-state index contributed by atoms with van der Waals surface area (Å²) in [4.78, 5) is 126. The number of rotatable bonds is 17. The lowest BCUT2D eigenvalue weighted by Gasteiger charge is -2.37. The summed E-state index contributed by atoms with van der Waals surface area (Å²) in [6.07, 6.45) is 8.94. The van der Waals surface area contributed by atoms with Gasteiger partial charge in [-0.3, -0.25) is 43.2 Å². The third-order valence-corrected chi connectivity index (χ3v) is 12.6. The van der Waals surface area contributed by atoms with Gasteiger partial charge in [0.15, 0.2) is 5.78 Å². The van der Waals surface area contributed by atoms with E-state index in [0.717, 1.165) is 69.1 Å². The largest absolute Gasteiger partial charge is 0.368 e. The molecule has 1 saturated heterocycles. The van der Waals surface area contributed by atoms with Crippen molar-refractivity contribution >= 4 is 64.3 Å². The van der Waals surface area contributed by atoms with Crippen molar-refractivity contribution < 1.29 is 43.2 Å². The second-order valence-electron chi connectivity index (χ2n) is 17.7. The van der Waals surface area contributed by atoms with Crippen LogP contribution in [0.4, 0.5) is 0 Å². The number of aromatic nitrogens is 1. The van der Waals surface area contributed by atoms with E-state index in [-0.39, 0.29) is 42.8 Å². The Balaban J connectivity index is 1.33. The number of amides is 7. The molecule has 4 fully saturated rings. The zero-order chi connectivity index (χ0) is 43.0. The Kier molecular flexibility index (Phi) is 15.4. The molecule has 5 rings (SSSR count). The van der Waals surface area contributed by atoms with E-state index in [2.05, 4.69) is 31.6 Å². The van der Waals surface area contributed by atoms with Crippen molar-refractivity contribution in [2.45, 2.75) is 160 Å². The number of nitrogens with two attached hydrogens (primary N) is 1. The van der Waals surface area contributed by atoms with Crippen LogP contribution in [0.15, 0.2) is 5.38 Å². The molecule has 4 aliphatic rings. The van der Waals surface area contributed by atoms with E-state index in [0.29, 0.717) is 17.8 Å². The van der Waals surface area contributed by atoms with Crippen molar-refractivity contribution in [3.8, 4) is 0 Å². The molecular weight excluding hydrogens is 781 g/mol. The minimum Gasteiger partial charge on any atom is -0.368 e. The first-order chi connectivity index (χ1) is 27.9. The summed E-state index contributed by atoms with van der Waals surface area (Å²) in [5.74, 6) is -6.44. The highest BCUT2D eigenvalue weighted by Crippen LogP contribution is 2.30. The van der Waals surface area contributed by atoms with Crippen molar-refractivity contribution in [1.29, 1.82) is 0 Å². The molecule has 1 aromatic rings. The second-order valence-corrected chi connectivity index (χ2v) is 18.8. The maximum atomic E-state index is 14.5. The molecule has 18 heteroatoms. The highest BCUT2D eigenvalue weighted by molar-refractivity contribution is 7.09. The van der Waals surface area contributed by atoms with Crippen LogP contribution in [0.25, 0.3) is 0 Å². The van der Waals surface area contributed by atoms with Crippen molar-refractivity contribution in [2.75, 3.05) is 6.54 Å². The van der Waals surface area contributed by atoms with Crippen LogP contribution in [0.5, 0.6) is 0 Å². The average Bonchev–Trinajstić information content (AvgIpc) is 3.76. The third-order valence-electron chi connectivity index (χ3n) is 11.9. The van der Waals surface area contributed by atoms with Gasteiger partial charge in [-0.25, -0.2) is 4.98 Å². The molecule has 7 amide bonds. The van der Waals surface area contributed by atoms with Crippen molar-refractivity contribution in [3.63, 3.8) is 0 Å². The van der Waals surface area contributed by atoms with E-state index in [4.69, 9.17) is 5.73 Å². The summed E-state index contributed by atoms with van der Waals surface area (Å²) >= 11 is 1.23. The van der Waals surface area contributed by atoms with Gasteiger partial charge in [-0.1, -0.05) is 59.3 Å². The van der Waals surface area contributed by atoms with E-state index in [1.54, 1.807) is 27.7 Å². The van der Waals surface area contributed by atoms with Gasteiger partial charge in [-0.05, 0) is 69.1 Å². The Morgan fingerprint density at radius 2 is 1.44 bits per heavy atom. The number of primary amides is 1. The molecule has 59 heavy (non-hydrogen) atoms. The molecule has 0 aromatic carbocycles. The smallest absolute Gasteiger partial charge is 0.287 e. The molecule has 3 saturated carbocycles. The number of thiazole rings is 1. The lowest BCUT2D eigenvalue weighted by atomic mass is 9.81. The van der Waals surface area contributed by atoms with E-state index in [1.165, 1.54) is 16.7 Å². The van der Waals surface area contributed by atoms with Gasteiger partial charge in [0.1, 0.15) is 35.9 Å². The Labute approximate surface area is 348 Å². The molecule has 7 N–H and O–H groups in total. The van der Waals surface area contributed by atoms with Gasteiger partial charge < -0.3 is 37.2 Å². The zero-order valence-electron chi connectivity index (χ0n) is 34.6. The molecule has 0 bridgehead atoms. The monoisotopic (exact) mass is 840 g/mol. The number of hydrogen-bond donors (Lipinski definition) is 6. The average molecular weight is 841 g/mol. The van der Waals surface area contributed by atoms with Gasteiger partial charge in [0, 0.05) is 24.3 Å². The SMILES string of the molecule is Cc1nc(C(=O)N[C@@H](CCC(=O)C(=O)NC2CC2)C(=O)N[C@H](C(=O)N2CC(=O)C[C@H]2C(=O)N[C@H](C(=O)N[C@H](C(N)=O)C2CCCCC2)C2CCCCC2)C(C)(C)C)cs1. The molecule has 5 atom stereocenters. The molecule has 1 aliphatic heterocycles. The van der Waals surface area contributed by atoms with Crippen LogP contribution in [-0.4, -0.2) is 106 Å². The summed E-state index contributed by atoms with van der Waals surface area (Å²) in [7, 11) is 0. The fourth-order valence-electron chi connectivity index (χ4n) is 8.31. The zero-order valence-corrected chi connectivity index (χ0v) is 35.4. The van der Waals surface area contributed by atoms with Crippen LogP contribution in [0.1, 0.15) is 133 Å². The molecule has 0 spiro atoms. The first kappa shape index (κ1) is 45.3. The van der Waals surface area contributed by atoms with Gasteiger partial charge in [0.05, 0.1) is 11.6 Å². The van der Waals surface area contributed by atoms with Crippen LogP contribution in [0, 0.1) is 24.2 Å². The molecule has 324 valence electrons. The maximum absolute atomic E-state index is 14.5. The summed E-state index contributed by atoms with van der Waals surface area (Å²) < 4.78 is 0. The fourth-order valence-corrected chi connectivity index (χ4v) is 8.90. The van der Waals surface area contributed by atoms with E-state index in [1.807, 2.05) is 0 Å². The van der Waals surface area contributed by atoms with Crippen molar-refractivity contribution in [1.82, 2.24) is 36.5 Å². The van der Waals surface area contributed by atoms with Crippen LogP contribution in [0.3, 0.4) is 0 Å². The van der Waals surface area contributed by atoms with Gasteiger partial charge in [-0.2, -0.15) is 0 Å². The predicted molar refractivity (Wildman–Crippen MR) is 216 cm³/mol. The van der Waals surface area contributed by atoms with E-state index in [9.17, 15) is 43.2 Å². The Morgan fingerprint density at radius 3 is 1.98 bits per heavy atom. The van der Waals surface area contributed by atoms with Crippen LogP contribution in [0.2, 0.25) is 0 Å². The van der Waals surface area contributed by atoms with E-state index >= 15 is 0 Å². The van der Waals surface area contributed by atoms with Gasteiger partial charge in [0.2, 0.25) is 35.3 Å². The summed E-state index contributed by atoms with van der Waals surface area (Å²) in [5.41, 5.74) is 4.84. The highest BCUT2D eigenvalue weighted by atomic mass is 32.1. The number of nitrogens with zero attached hydrogens (tertiary/aromatic N) is 2. The second kappa shape index (κ2) is 20.0. The first-order valence-corrected chi connectivity index (χ1v) is 21.9. The van der Waals surface area contributed by atoms with Gasteiger partial charge >= 0.3 is 0 Å². The molecule has 0 radical (unpaired) electrons. The number of carbonyl (C=O) groups excluding carboxylic acids is 9. The van der Waals surface area contributed by atoms with E-state index < -0.39 is 95.1 Å². The number of carbonyl (C=O) groups is 9. The van der Waals surface area contributed by atoms with Crippen LogP contribution < -0.4 is 32.3 Å². The Morgan fingerprint density at radius 1 is 0.831 bits per heavy atom. The summed E-state index contributed by atoms with van der Waals surface area (Å²) in [6, 6.07) is -5.99. The van der Waals surface area contributed by atoms with Gasteiger partial charge in [-0.15, -0.1) is 11.3 Å².